The zero-order valence-corrected chi connectivity index (χ0v) is 13.8. The number of aromatic hydroxyl groups is 1. The number of carbonyl (C=O) groups is 2. The Morgan fingerprint density at radius 2 is 2.12 bits per heavy atom. The first-order chi connectivity index (χ1) is 12.4. The van der Waals surface area contributed by atoms with E-state index in [9.17, 15) is 19.1 Å². The van der Waals surface area contributed by atoms with Crippen LogP contribution in [0.4, 0.5) is 15.0 Å². The zero-order valence-electron chi connectivity index (χ0n) is 13.8. The number of nitriles is 1. The van der Waals surface area contributed by atoms with Crippen LogP contribution in [0.25, 0.3) is 0 Å². The third-order valence-electron chi connectivity index (χ3n) is 4.16. The predicted octanol–water partition coefficient (Wildman–Crippen LogP) is 2.68. The van der Waals surface area contributed by atoms with Crippen LogP contribution in [0.15, 0.2) is 30.5 Å². The first-order valence-electron chi connectivity index (χ1n) is 7.86. The molecule has 26 heavy (non-hydrogen) atoms. The maximum Gasteiger partial charge on any atom is 0.320 e. The second-order valence-electron chi connectivity index (χ2n) is 6.00. The molecule has 0 saturated heterocycles. The summed E-state index contributed by atoms with van der Waals surface area (Å²) in [5.74, 6) is -1.49. The summed E-state index contributed by atoms with van der Waals surface area (Å²) >= 11 is 0. The van der Waals surface area contributed by atoms with E-state index in [1.54, 1.807) is 0 Å². The number of amides is 2. The number of ketones is 1. The highest BCUT2D eigenvalue weighted by atomic mass is 19.1. The Labute approximate surface area is 148 Å². The van der Waals surface area contributed by atoms with Crippen LogP contribution in [0.1, 0.15) is 40.7 Å². The van der Waals surface area contributed by atoms with Crippen LogP contribution in [0.5, 0.6) is 5.75 Å². The van der Waals surface area contributed by atoms with Crippen LogP contribution >= 0.6 is 0 Å². The summed E-state index contributed by atoms with van der Waals surface area (Å²) in [6.45, 7) is 1.29. The lowest BCUT2D eigenvalue weighted by Crippen LogP contribution is -2.31. The molecule has 3 N–H and O–H groups in total. The van der Waals surface area contributed by atoms with Gasteiger partial charge in [0, 0.05) is 23.7 Å². The Hall–Kier alpha value is -3.47. The lowest BCUT2D eigenvalue weighted by molar-refractivity contribution is 0.101. The molecule has 2 atom stereocenters. The number of phenolic OH excluding ortho intramolecular Hbond substituents is 1. The van der Waals surface area contributed by atoms with Crippen molar-refractivity contribution in [2.45, 2.75) is 25.3 Å². The van der Waals surface area contributed by atoms with Gasteiger partial charge < -0.3 is 10.4 Å². The number of rotatable bonds is 4. The minimum atomic E-state index is -0.615. The Balaban J connectivity index is 1.66. The third-order valence-corrected chi connectivity index (χ3v) is 4.16. The minimum Gasteiger partial charge on any atom is -0.507 e. The van der Waals surface area contributed by atoms with Crippen molar-refractivity contribution >= 4 is 17.6 Å². The fourth-order valence-electron chi connectivity index (χ4n) is 2.75. The van der Waals surface area contributed by atoms with E-state index in [4.69, 9.17) is 5.26 Å². The van der Waals surface area contributed by atoms with Crippen LogP contribution in [-0.4, -0.2) is 27.9 Å². The zero-order chi connectivity index (χ0) is 18.8. The SMILES string of the molecule is CC(=O)c1ccc(F)c(C2CC2NC(=O)Nc2ccc(C#N)cn2)c1O. The van der Waals surface area contributed by atoms with Gasteiger partial charge >= 0.3 is 6.03 Å². The third kappa shape index (κ3) is 3.47. The number of urea groups is 1. The molecule has 1 heterocycles. The Morgan fingerprint density at radius 1 is 1.35 bits per heavy atom. The number of carbonyl (C=O) groups excluding carboxylic acids is 2. The van der Waals surface area contributed by atoms with Crippen molar-refractivity contribution in [2.75, 3.05) is 5.32 Å². The molecule has 132 valence electrons. The first-order valence-corrected chi connectivity index (χ1v) is 7.86. The first kappa shape index (κ1) is 17.4. The summed E-state index contributed by atoms with van der Waals surface area (Å²) in [6, 6.07) is 6.42. The van der Waals surface area contributed by atoms with E-state index in [1.807, 2.05) is 6.07 Å². The van der Waals surface area contributed by atoms with Crippen LogP contribution < -0.4 is 10.6 Å². The summed E-state index contributed by atoms with van der Waals surface area (Å²) in [7, 11) is 0. The highest BCUT2D eigenvalue weighted by Crippen LogP contribution is 2.46. The van der Waals surface area contributed by atoms with Gasteiger partial charge in [0.25, 0.3) is 0 Å². The number of nitrogens with one attached hydrogen (secondary N) is 2. The number of hydrogen-bond acceptors (Lipinski definition) is 5. The van der Waals surface area contributed by atoms with Crippen molar-refractivity contribution in [3.8, 4) is 11.8 Å². The Morgan fingerprint density at radius 3 is 2.73 bits per heavy atom. The van der Waals surface area contributed by atoms with Crippen LogP contribution in [0.3, 0.4) is 0 Å². The molecule has 1 aliphatic rings. The quantitative estimate of drug-likeness (QED) is 0.730. The van der Waals surface area contributed by atoms with Gasteiger partial charge in [-0.05, 0) is 37.6 Å². The van der Waals surface area contributed by atoms with Gasteiger partial charge in [-0.3, -0.25) is 10.1 Å². The molecule has 1 aromatic carbocycles. The highest BCUT2D eigenvalue weighted by molar-refractivity contribution is 5.97. The molecule has 0 aliphatic heterocycles. The molecule has 0 spiro atoms. The van der Waals surface area contributed by atoms with Gasteiger partial charge in [-0.1, -0.05) is 0 Å². The summed E-state index contributed by atoms with van der Waals surface area (Å²) in [5, 5.41) is 24.1. The van der Waals surface area contributed by atoms with Gasteiger partial charge in [-0.25, -0.2) is 14.2 Å². The van der Waals surface area contributed by atoms with Crippen LogP contribution in [0.2, 0.25) is 0 Å². The monoisotopic (exact) mass is 354 g/mol. The smallest absolute Gasteiger partial charge is 0.320 e. The summed E-state index contributed by atoms with van der Waals surface area (Å²) in [4.78, 5) is 27.4. The summed E-state index contributed by atoms with van der Waals surface area (Å²) in [5.41, 5.74) is 0.465. The van der Waals surface area contributed by atoms with Crippen molar-refractivity contribution in [3.05, 3.63) is 53.0 Å². The lowest BCUT2D eigenvalue weighted by atomic mass is 10.0. The van der Waals surface area contributed by atoms with E-state index in [1.165, 1.54) is 31.3 Å². The molecule has 7 nitrogen and oxygen atoms in total. The fraction of sp³-hybridized carbons (Fsp3) is 0.222. The number of anilines is 1. The number of nitrogens with zero attached hydrogens (tertiary/aromatic N) is 2. The molecule has 1 fully saturated rings. The number of Topliss-reactive ketones (excluding diaryl/α,β-unsaturated/α-hetero) is 1. The molecule has 1 aromatic heterocycles. The number of aromatic nitrogens is 1. The minimum absolute atomic E-state index is 0.0412. The Bertz CT molecular complexity index is 921. The number of pyridine rings is 1. The average molecular weight is 354 g/mol. The van der Waals surface area contributed by atoms with Crippen LogP contribution in [-0.2, 0) is 0 Å². The average Bonchev–Trinajstić information content (AvgIpc) is 3.33. The molecular weight excluding hydrogens is 339 g/mol. The summed E-state index contributed by atoms with van der Waals surface area (Å²) in [6.07, 6.45) is 1.77. The molecule has 8 heteroatoms. The van der Waals surface area contributed by atoms with Crippen molar-refractivity contribution in [1.82, 2.24) is 10.3 Å². The topological polar surface area (TPSA) is 115 Å². The van der Waals surface area contributed by atoms with E-state index in [0.29, 0.717) is 12.0 Å². The second-order valence-corrected chi connectivity index (χ2v) is 6.00. The number of hydrogen-bond donors (Lipinski definition) is 3. The fourth-order valence-corrected chi connectivity index (χ4v) is 2.75. The maximum atomic E-state index is 14.1. The van der Waals surface area contributed by atoms with Gasteiger partial charge in [0.15, 0.2) is 5.78 Å². The molecule has 1 saturated carbocycles. The number of benzene rings is 1. The molecule has 0 radical (unpaired) electrons. The van der Waals surface area contributed by atoms with Crippen molar-refractivity contribution in [1.29, 1.82) is 5.26 Å². The van der Waals surface area contributed by atoms with E-state index in [0.717, 1.165) is 6.07 Å². The molecule has 2 aromatic rings. The van der Waals surface area contributed by atoms with Gasteiger partial charge in [0.05, 0.1) is 11.1 Å². The van der Waals surface area contributed by atoms with E-state index < -0.39 is 17.8 Å². The largest absolute Gasteiger partial charge is 0.507 e. The standard InChI is InChI=1S/C18H15FN4O3/c1-9(24)11-3-4-13(19)16(17(11)25)12-6-14(12)22-18(26)23-15-5-2-10(7-20)8-21-15/h2-5,8,12,14,25H,6H2,1H3,(H2,21,22,23,26). The van der Waals surface area contributed by atoms with Crippen molar-refractivity contribution in [2.24, 2.45) is 0 Å². The lowest BCUT2D eigenvalue weighted by Gasteiger charge is -2.10. The van der Waals surface area contributed by atoms with Crippen molar-refractivity contribution in [3.63, 3.8) is 0 Å². The molecule has 2 amide bonds. The second kappa shape index (κ2) is 6.80. The van der Waals surface area contributed by atoms with E-state index in [-0.39, 0.29) is 34.5 Å². The molecule has 0 bridgehead atoms. The molecule has 3 rings (SSSR count). The van der Waals surface area contributed by atoms with Gasteiger partial charge in [-0.15, -0.1) is 0 Å². The molecular formula is C18H15FN4O3. The van der Waals surface area contributed by atoms with Gasteiger partial charge in [-0.2, -0.15) is 5.26 Å². The number of halogens is 1. The predicted molar refractivity (Wildman–Crippen MR) is 90.3 cm³/mol. The molecule has 2 unspecified atom stereocenters. The van der Waals surface area contributed by atoms with E-state index >= 15 is 0 Å². The highest BCUT2D eigenvalue weighted by Gasteiger charge is 2.43. The van der Waals surface area contributed by atoms with Gasteiger partial charge in [0.2, 0.25) is 0 Å². The maximum absolute atomic E-state index is 14.1. The van der Waals surface area contributed by atoms with Crippen LogP contribution in [0, 0.1) is 17.1 Å². The summed E-state index contributed by atoms with van der Waals surface area (Å²) < 4.78 is 14.1. The normalized spacial score (nSPS) is 17.9. The van der Waals surface area contributed by atoms with Gasteiger partial charge in [0.1, 0.15) is 23.5 Å². The number of phenols is 1. The Kier molecular flexibility index (Phi) is 4.54. The van der Waals surface area contributed by atoms with Crippen molar-refractivity contribution < 1.29 is 19.1 Å². The molecule has 1 aliphatic carbocycles. The van der Waals surface area contributed by atoms with E-state index in [2.05, 4.69) is 15.6 Å².